The number of hydrogen-bond acceptors (Lipinski definition) is 3. The molecule has 2 amide bonds. The van der Waals surface area contributed by atoms with E-state index < -0.39 is 11.9 Å². The standard InChI is InChI=1S/C21H22Cl4N2O3/c1-3-9-26-21(29)13(2)27(11-15-16(23)5-4-6-17(15)24)20(28)12-30-19-8-7-14(22)10-18(19)25/h4-8,10,13H,3,9,11-12H2,1-2H3,(H,26,29)/t13-/m0/s1. The van der Waals surface area contributed by atoms with E-state index in [9.17, 15) is 9.59 Å². The molecule has 0 aliphatic heterocycles. The first kappa shape index (κ1) is 24.6. The second-order valence-corrected chi connectivity index (χ2v) is 8.21. The van der Waals surface area contributed by atoms with Crippen molar-refractivity contribution in [3.8, 4) is 5.75 Å². The number of ether oxygens (including phenoxy) is 1. The first-order valence-corrected chi connectivity index (χ1v) is 10.8. The van der Waals surface area contributed by atoms with Crippen molar-refractivity contribution in [2.75, 3.05) is 13.2 Å². The maximum atomic E-state index is 13.0. The van der Waals surface area contributed by atoms with Crippen molar-refractivity contribution in [1.82, 2.24) is 10.2 Å². The number of nitrogens with zero attached hydrogens (tertiary/aromatic N) is 1. The average Bonchev–Trinajstić information content (AvgIpc) is 2.70. The SMILES string of the molecule is CCCNC(=O)[C@H](C)N(Cc1c(Cl)cccc1Cl)C(=O)COc1ccc(Cl)cc1Cl. The van der Waals surface area contributed by atoms with Crippen LogP contribution in [0.4, 0.5) is 0 Å². The molecule has 2 aromatic rings. The van der Waals surface area contributed by atoms with E-state index in [1.54, 1.807) is 37.3 Å². The Kier molecular flexibility index (Phi) is 9.56. The van der Waals surface area contributed by atoms with Gasteiger partial charge in [0.15, 0.2) is 6.61 Å². The van der Waals surface area contributed by atoms with Gasteiger partial charge in [0, 0.05) is 33.7 Å². The van der Waals surface area contributed by atoms with Crippen LogP contribution in [0, 0.1) is 0 Å². The summed E-state index contributed by atoms with van der Waals surface area (Å²) in [5.41, 5.74) is 0.550. The molecule has 0 heterocycles. The molecule has 0 aromatic heterocycles. The van der Waals surface area contributed by atoms with Gasteiger partial charge >= 0.3 is 0 Å². The lowest BCUT2D eigenvalue weighted by Gasteiger charge is -2.29. The zero-order valence-corrected chi connectivity index (χ0v) is 19.6. The summed E-state index contributed by atoms with van der Waals surface area (Å²) in [6.07, 6.45) is 0.779. The number of nitrogens with one attached hydrogen (secondary N) is 1. The fraction of sp³-hybridized carbons (Fsp3) is 0.333. The molecular weight excluding hydrogens is 470 g/mol. The van der Waals surface area contributed by atoms with Crippen LogP contribution in [-0.2, 0) is 16.1 Å². The van der Waals surface area contributed by atoms with Gasteiger partial charge in [-0.1, -0.05) is 59.4 Å². The highest BCUT2D eigenvalue weighted by Crippen LogP contribution is 2.29. The van der Waals surface area contributed by atoms with Crippen LogP contribution in [-0.4, -0.2) is 35.9 Å². The zero-order valence-electron chi connectivity index (χ0n) is 16.6. The van der Waals surface area contributed by atoms with Crippen molar-refractivity contribution < 1.29 is 14.3 Å². The van der Waals surface area contributed by atoms with Crippen molar-refractivity contribution >= 4 is 58.2 Å². The van der Waals surface area contributed by atoms with Gasteiger partial charge in [0.1, 0.15) is 11.8 Å². The predicted molar refractivity (Wildman–Crippen MR) is 122 cm³/mol. The number of rotatable bonds is 9. The Bertz CT molecular complexity index is 888. The van der Waals surface area contributed by atoms with E-state index in [0.29, 0.717) is 32.9 Å². The van der Waals surface area contributed by atoms with E-state index in [4.69, 9.17) is 51.1 Å². The van der Waals surface area contributed by atoms with E-state index in [1.807, 2.05) is 6.92 Å². The molecule has 30 heavy (non-hydrogen) atoms. The molecule has 0 saturated carbocycles. The van der Waals surface area contributed by atoms with Gasteiger partial charge in [-0.25, -0.2) is 0 Å². The lowest BCUT2D eigenvalue weighted by Crippen LogP contribution is -2.49. The minimum atomic E-state index is -0.763. The first-order valence-electron chi connectivity index (χ1n) is 9.32. The molecular formula is C21H22Cl4N2O3. The fourth-order valence-corrected chi connectivity index (χ4v) is 3.63. The Morgan fingerprint density at radius 2 is 1.73 bits per heavy atom. The Balaban J connectivity index is 2.22. The second kappa shape index (κ2) is 11.7. The molecule has 1 atom stereocenters. The van der Waals surface area contributed by atoms with Crippen LogP contribution in [0.1, 0.15) is 25.8 Å². The van der Waals surface area contributed by atoms with Crippen molar-refractivity contribution in [2.24, 2.45) is 0 Å². The highest BCUT2D eigenvalue weighted by atomic mass is 35.5. The van der Waals surface area contributed by atoms with Gasteiger partial charge < -0.3 is 15.0 Å². The third kappa shape index (κ3) is 6.67. The van der Waals surface area contributed by atoms with Gasteiger partial charge in [-0.2, -0.15) is 0 Å². The Hall–Kier alpha value is -1.66. The van der Waals surface area contributed by atoms with Crippen molar-refractivity contribution in [3.63, 3.8) is 0 Å². The van der Waals surface area contributed by atoms with E-state index in [2.05, 4.69) is 5.32 Å². The molecule has 2 aromatic carbocycles. The lowest BCUT2D eigenvalue weighted by atomic mass is 10.1. The molecule has 9 heteroatoms. The molecule has 0 aliphatic carbocycles. The number of carbonyl (C=O) groups is 2. The fourth-order valence-electron chi connectivity index (χ4n) is 2.65. The Labute approximate surface area is 196 Å². The molecule has 0 unspecified atom stereocenters. The summed E-state index contributed by atoms with van der Waals surface area (Å²) in [4.78, 5) is 26.9. The topological polar surface area (TPSA) is 58.6 Å². The van der Waals surface area contributed by atoms with Gasteiger partial charge in [-0.3, -0.25) is 9.59 Å². The summed E-state index contributed by atoms with van der Waals surface area (Å²) < 4.78 is 5.56. The molecule has 0 radical (unpaired) electrons. The summed E-state index contributed by atoms with van der Waals surface area (Å²) in [6.45, 7) is 3.82. The number of carbonyl (C=O) groups excluding carboxylic acids is 2. The van der Waals surface area contributed by atoms with E-state index in [-0.39, 0.29) is 24.1 Å². The maximum absolute atomic E-state index is 13.0. The van der Waals surface area contributed by atoms with Crippen LogP contribution in [0.5, 0.6) is 5.75 Å². The number of hydrogen-bond donors (Lipinski definition) is 1. The molecule has 0 bridgehead atoms. The molecule has 0 fully saturated rings. The highest BCUT2D eigenvalue weighted by Gasteiger charge is 2.27. The normalized spacial score (nSPS) is 11.7. The van der Waals surface area contributed by atoms with Crippen LogP contribution in [0.2, 0.25) is 20.1 Å². The second-order valence-electron chi connectivity index (χ2n) is 6.55. The van der Waals surface area contributed by atoms with Gasteiger partial charge in [-0.15, -0.1) is 0 Å². The summed E-state index contributed by atoms with van der Waals surface area (Å²) in [5, 5.41) is 4.34. The van der Waals surface area contributed by atoms with Crippen LogP contribution < -0.4 is 10.1 Å². The smallest absolute Gasteiger partial charge is 0.261 e. The third-order valence-electron chi connectivity index (χ3n) is 4.35. The monoisotopic (exact) mass is 490 g/mol. The number of halogens is 4. The van der Waals surface area contributed by atoms with Crippen LogP contribution in [0.15, 0.2) is 36.4 Å². The van der Waals surface area contributed by atoms with Crippen LogP contribution in [0.3, 0.4) is 0 Å². The minimum Gasteiger partial charge on any atom is -0.482 e. The minimum absolute atomic E-state index is 0.0514. The first-order chi connectivity index (χ1) is 14.2. The highest BCUT2D eigenvalue weighted by molar-refractivity contribution is 6.36. The molecule has 0 aliphatic rings. The van der Waals surface area contributed by atoms with Gasteiger partial charge in [-0.05, 0) is 43.7 Å². The van der Waals surface area contributed by atoms with E-state index >= 15 is 0 Å². The molecule has 2 rings (SSSR count). The summed E-state index contributed by atoms with van der Waals surface area (Å²) in [6, 6.07) is 9.00. The van der Waals surface area contributed by atoms with Crippen molar-refractivity contribution in [1.29, 1.82) is 0 Å². The van der Waals surface area contributed by atoms with Crippen molar-refractivity contribution in [3.05, 3.63) is 62.1 Å². The van der Waals surface area contributed by atoms with Crippen molar-refractivity contribution in [2.45, 2.75) is 32.9 Å². The zero-order chi connectivity index (χ0) is 22.3. The molecule has 162 valence electrons. The molecule has 5 nitrogen and oxygen atoms in total. The van der Waals surface area contributed by atoms with Crippen LogP contribution in [0.25, 0.3) is 0 Å². The van der Waals surface area contributed by atoms with Gasteiger partial charge in [0.25, 0.3) is 5.91 Å². The third-order valence-corrected chi connectivity index (χ3v) is 5.59. The summed E-state index contributed by atoms with van der Waals surface area (Å²) >= 11 is 24.5. The Morgan fingerprint density at radius 1 is 1.07 bits per heavy atom. The number of amides is 2. The van der Waals surface area contributed by atoms with E-state index in [1.165, 1.54) is 11.0 Å². The molecule has 1 N–H and O–H groups in total. The molecule has 0 saturated heterocycles. The van der Waals surface area contributed by atoms with Gasteiger partial charge in [0.05, 0.1) is 5.02 Å². The predicted octanol–water partition coefficient (Wildman–Crippen LogP) is 5.62. The Morgan fingerprint density at radius 3 is 2.33 bits per heavy atom. The number of benzene rings is 2. The van der Waals surface area contributed by atoms with Crippen LogP contribution >= 0.6 is 46.4 Å². The molecule has 0 spiro atoms. The lowest BCUT2D eigenvalue weighted by molar-refractivity contribution is -0.142. The van der Waals surface area contributed by atoms with Gasteiger partial charge in [0.2, 0.25) is 5.91 Å². The average molecular weight is 492 g/mol. The summed E-state index contributed by atoms with van der Waals surface area (Å²) in [5.74, 6) is -0.387. The quantitative estimate of drug-likeness (QED) is 0.495. The summed E-state index contributed by atoms with van der Waals surface area (Å²) in [7, 11) is 0. The van der Waals surface area contributed by atoms with E-state index in [0.717, 1.165) is 6.42 Å². The largest absolute Gasteiger partial charge is 0.482 e. The maximum Gasteiger partial charge on any atom is 0.261 e.